The van der Waals surface area contributed by atoms with Crippen LogP contribution in [0.5, 0.6) is 0 Å². The van der Waals surface area contributed by atoms with Crippen molar-refractivity contribution in [1.29, 1.82) is 0 Å². The average Bonchev–Trinajstić information content (AvgIpc) is 3.01. The molecule has 0 aliphatic carbocycles. The first-order chi connectivity index (χ1) is 10.8. The van der Waals surface area contributed by atoms with Crippen molar-refractivity contribution in [1.82, 2.24) is 9.97 Å². The number of anilines is 1. The predicted octanol–water partition coefficient (Wildman–Crippen LogP) is 3.14. The van der Waals surface area contributed by atoms with E-state index in [0.29, 0.717) is 6.42 Å². The fourth-order valence-electron chi connectivity index (χ4n) is 2.28. The lowest BCUT2D eigenvalue weighted by Crippen LogP contribution is -2.19. The molecule has 0 aromatic carbocycles. The highest BCUT2D eigenvalue weighted by Gasteiger charge is 2.19. The number of nitrogens with one attached hydrogen (secondary N) is 1. The van der Waals surface area contributed by atoms with E-state index in [9.17, 15) is 4.79 Å². The highest BCUT2D eigenvalue weighted by atomic mass is 32.2. The van der Waals surface area contributed by atoms with E-state index in [1.165, 1.54) is 11.8 Å². The number of rotatable bonds is 5. The Morgan fingerprint density at radius 3 is 2.95 bits per heavy atom. The topological polar surface area (TPSA) is 64.1 Å². The van der Waals surface area contributed by atoms with Crippen LogP contribution in [-0.2, 0) is 9.53 Å². The molecule has 114 valence electrons. The van der Waals surface area contributed by atoms with Crippen LogP contribution in [0.25, 0.3) is 0 Å². The van der Waals surface area contributed by atoms with Crippen molar-refractivity contribution in [3.63, 3.8) is 0 Å². The van der Waals surface area contributed by atoms with Gasteiger partial charge in [0.15, 0.2) is 0 Å². The Hall–Kier alpha value is -1.92. The van der Waals surface area contributed by atoms with E-state index >= 15 is 0 Å². The van der Waals surface area contributed by atoms with Crippen LogP contribution in [0.2, 0.25) is 0 Å². The van der Waals surface area contributed by atoms with Gasteiger partial charge < -0.3 is 10.1 Å². The van der Waals surface area contributed by atoms with Crippen LogP contribution < -0.4 is 5.32 Å². The minimum absolute atomic E-state index is 0.0214. The number of carbonyl (C=O) groups excluding carboxylic acids is 1. The summed E-state index contributed by atoms with van der Waals surface area (Å²) in [4.78, 5) is 20.6. The van der Waals surface area contributed by atoms with Gasteiger partial charge in [-0.1, -0.05) is 17.8 Å². The van der Waals surface area contributed by atoms with Gasteiger partial charge in [0.1, 0.15) is 10.1 Å². The Morgan fingerprint density at radius 1 is 1.27 bits per heavy atom. The predicted molar refractivity (Wildman–Crippen MR) is 84.8 cm³/mol. The lowest BCUT2D eigenvalue weighted by Gasteiger charge is -2.10. The summed E-state index contributed by atoms with van der Waals surface area (Å²) < 4.78 is 5.48. The molecule has 0 bridgehead atoms. The minimum atomic E-state index is -0.0214. The molecule has 1 aliphatic rings. The lowest BCUT2D eigenvalue weighted by atomic mass is 10.2. The molecule has 1 fully saturated rings. The molecule has 1 amide bonds. The Labute approximate surface area is 133 Å². The molecule has 5 nitrogen and oxygen atoms in total. The third-order valence-electron chi connectivity index (χ3n) is 3.30. The van der Waals surface area contributed by atoms with E-state index in [1.807, 2.05) is 24.3 Å². The number of aromatic nitrogens is 2. The van der Waals surface area contributed by atoms with Gasteiger partial charge in [-0.2, -0.15) is 0 Å². The van der Waals surface area contributed by atoms with Gasteiger partial charge in [-0.05, 0) is 37.1 Å². The summed E-state index contributed by atoms with van der Waals surface area (Å²) >= 11 is 1.46. The fraction of sp³-hybridized carbons (Fsp3) is 0.312. The Balaban J connectivity index is 1.59. The maximum absolute atomic E-state index is 12.0. The third-order valence-corrected chi connectivity index (χ3v) is 4.19. The maximum atomic E-state index is 12.0. The SMILES string of the molecule is O=C(CC1CCCO1)Nc1ccnc(Sc2ccccn2)c1. The van der Waals surface area contributed by atoms with Crippen molar-refractivity contribution in [2.24, 2.45) is 0 Å². The van der Waals surface area contributed by atoms with Gasteiger partial charge in [0.2, 0.25) is 5.91 Å². The Bertz CT molecular complexity index is 630. The van der Waals surface area contributed by atoms with E-state index in [1.54, 1.807) is 18.5 Å². The van der Waals surface area contributed by atoms with Crippen LogP contribution in [-0.4, -0.2) is 28.6 Å². The number of carbonyl (C=O) groups is 1. The summed E-state index contributed by atoms with van der Waals surface area (Å²) in [6.07, 6.45) is 5.90. The number of nitrogens with zero attached hydrogens (tertiary/aromatic N) is 2. The van der Waals surface area contributed by atoms with Crippen LogP contribution in [0.4, 0.5) is 5.69 Å². The third kappa shape index (κ3) is 4.29. The molecule has 1 aliphatic heterocycles. The van der Waals surface area contributed by atoms with E-state index in [2.05, 4.69) is 15.3 Å². The zero-order chi connectivity index (χ0) is 15.2. The van der Waals surface area contributed by atoms with Gasteiger partial charge in [-0.15, -0.1) is 0 Å². The van der Waals surface area contributed by atoms with Crippen LogP contribution in [0.3, 0.4) is 0 Å². The summed E-state index contributed by atoms with van der Waals surface area (Å²) in [5, 5.41) is 4.57. The monoisotopic (exact) mass is 315 g/mol. The lowest BCUT2D eigenvalue weighted by molar-refractivity contribution is -0.118. The molecule has 1 saturated heterocycles. The molecular weight excluding hydrogens is 298 g/mol. The summed E-state index contributed by atoms with van der Waals surface area (Å²) in [6, 6.07) is 9.37. The second-order valence-corrected chi connectivity index (χ2v) is 6.08. The van der Waals surface area contributed by atoms with Crippen molar-refractivity contribution in [3.05, 3.63) is 42.7 Å². The Kier molecular flexibility index (Phi) is 5.03. The van der Waals surface area contributed by atoms with Gasteiger partial charge in [-0.25, -0.2) is 9.97 Å². The molecule has 0 saturated carbocycles. The quantitative estimate of drug-likeness (QED) is 0.918. The molecule has 0 radical (unpaired) electrons. The molecule has 0 spiro atoms. The molecule has 1 N–H and O–H groups in total. The molecule has 1 unspecified atom stereocenters. The molecule has 3 rings (SSSR count). The zero-order valence-corrected chi connectivity index (χ0v) is 12.9. The van der Waals surface area contributed by atoms with Crippen LogP contribution >= 0.6 is 11.8 Å². The molecule has 3 heterocycles. The van der Waals surface area contributed by atoms with Crippen LogP contribution in [0, 0.1) is 0 Å². The maximum Gasteiger partial charge on any atom is 0.226 e. The van der Waals surface area contributed by atoms with Crippen molar-refractivity contribution >= 4 is 23.4 Å². The molecule has 22 heavy (non-hydrogen) atoms. The first-order valence-corrected chi connectivity index (χ1v) is 8.07. The second-order valence-electron chi connectivity index (χ2n) is 5.04. The molecule has 6 heteroatoms. The molecule has 2 aromatic heterocycles. The van der Waals surface area contributed by atoms with Crippen molar-refractivity contribution in [3.8, 4) is 0 Å². The standard InChI is InChI=1S/C16H17N3O2S/c20-14(11-13-4-3-9-21-13)19-12-6-8-18-16(10-12)22-15-5-1-2-7-17-15/h1-2,5-8,10,13H,3-4,9,11H2,(H,18,19,20). The van der Waals surface area contributed by atoms with Gasteiger partial charge in [-0.3, -0.25) is 4.79 Å². The number of hydrogen-bond acceptors (Lipinski definition) is 5. The molecular formula is C16H17N3O2S. The van der Waals surface area contributed by atoms with Crippen LogP contribution in [0.15, 0.2) is 52.8 Å². The highest BCUT2D eigenvalue weighted by Crippen LogP contribution is 2.25. The first kappa shape index (κ1) is 15.0. The highest BCUT2D eigenvalue weighted by molar-refractivity contribution is 7.99. The van der Waals surface area contributed by atoms with E-state index < -0.39 is 0 Å². The van der Waals surface area contributed by atoms with Gasteiger partial charge in [0.25, 0.3) is 0 Å². The number of ether oxygens (including phenoxy) is 1. The van der Waals surface area contributed by atoms with Gasteiger partial charge in [0, 0.05) is 24.7 Å². The average molecular weight is 315 g/mol. The van der Waals surface area contributed by atoms with E-state index in [0.717, 1.165) is 35.2 Å². The van der Waals surface area contributed by atoms with Crippen LogP contribution in [0.1, 0.15) is 19.3 Å². The summed E-state index contributed by atoms with van der Waals surface area (Å²) in [5.41, 5.74) is 0.747. The number of pyridine rings is 2. The normalized spacial score (nSPS) is 17.4. The minimum Gasteiger partial charge on any atom is -0.378 e. The van der Waals surface area contributed by atoms with Crippen molar-refractivity contribution in [2.45, 2.75) is 35.4 Å². The summed E-state index contributed by atoms with van der Waals surface area (Å²) in [6.45, 7) is 0.762. The fourth-order valence-corrected chi connectivity index (χ4v) is 3.06. The largest absolute Gasteiger partial charge is 0.378 e. The summed E-state index contributed by atoms with van der Waals surface area (Å²) in [5.74, 6) is -0.0214. The van der Waals surface area contributed by atoms with Crippen molar-refractivity contribution in [2.75, 3.05) is 11.9 Å². The number of hydrogen-bond donors (Lipinski definition) is 1. The first-order valence-electron chi connectivity index (χ1n) is 7.26. The van der Waals surface area contributed by atoms with E-state index in [4.69, 9.17) is 4.74 Å². The smallest absolute Gasteiger partial charge is 0.226 e. The second kappa shape index (κ2) is 7.38. The number of amides is 1. The molecule has 1 atom stereocenters. The van der Waals surface area contributed by atoms with Gasteiger partial charge in [0.05, 0.1) is 12.5 Å². The van der Waals surface area contributed by atoms with Crippen molar-refractivity contribution < 1.29 is 9.53 Å². The molecule has 2 aromatic rings. The Morgan fingerprint density at radius 2 is 2.18 bits per heavy atom. The van der Waals surface area contributed by atoms with Gasteiger partial charge >= 0.3 is 0 Å². The van der Waals surface area contributed by atoms with E-state index in [-0.39, 0.29) is 12.0 Å². The zero-order valence-electron chi connectivity index (χ0n) is 12.1. The summed E-state index contributed by atoms with van der Waals surface area (Å²) in [7, 11) is 0.